The minimum atomic E-state index is -1.46. The number of ether oxygens (including phenoxy) is 1. The summed E-state index contributed by atoms with van der Waals surface area (Å²) in [5.74, 6) is -1.52. The van der Waals surface area contributed by atoms with Gasteiger partial charge in [-0.3, -0.25) is 9.59 Å². The van der Waals surface area contributed by atoms with Crippen molar-refractivity contribution < 1.29 is 19.4 Å². The number of carbonyl (C=O) groups excluding carboxylic acids is 2. The Hall–Kier alpha value is -2.10. The second-order valence-corrected chi connectivity index (χ2v) is 5.64. The maximum atomic E-state index is 12.5. The molecule has 1 aliphatic carbocycles. The minimum absolute atomic E-state index is 0.187. The van der Waals surface area contributed by atoms with E-state index in [9.17, 15) is 14.7 Å². The number of allylic oxidation sites excluding steroid dienone is 2. The predicted molar refractivity (Wildman–Crippen MR) is 78.9 cm³/mol. The third kappa shape index (κ3) is 1.82. The van der Waals surface area contributed by atoms with Gasteiger partial charge in [-0.05, 0) is 31.9 Å². The quantitative estimate of drug-likeness (QED) is 0.686. The molecule has 0 saturated heterocycles. The second kappa shape index (κ2) is 5.02. The van der Waals surface area contributed by atoms with Gasteiger partial charge in [-0.15, -0.1) is 0 Å². The Morgan fingerprint density at radius 2 is 1.81 bits per heavy atom. The summed E-state index contributed by atoms with van der Waals surface area (Å²) in [6.07, 6.45) is 0. The average molecular weight is 288 g/mol. The summed E-state index contributed by atoms with van der Waals surface area (Å²) in [6, 6.07) is 9.27. The molecular weight excluding hydrogens is 268 g/mol. The highest BCUT2D eigenvalue weighted by Gasteiger charge is 2.64. The topological polar surface area (TPSA) is 63.6 Å². The van der Waals surface area contributed by atoms with Gasteiger partial charge >= 0.3 is 5.97 Å². The number of aliphatic hydroxyl groups is 1. The maximum Gasteiger partial charge on any atom is 0.321 e. The van der Waals surface area contributed by atoms with Crippen LogP contribution in [0.5, 0.6) is 0 Å². The summed E-state index contributed by atoms with van der Waals surface area (Å²) in [7, 11) is 0. The highest BCUT2D eigenvalue weighted by molar-refractivity contribution is 6.15. The molecule has 0 aliphatic heterocycles. The second-order valence-electron chi connectivity index (χ2n) is 5.64. The number of carbonyl (C=O) groups is 2. The van der Waals surface area contributed by atoms with Crippen molar-refractivity contribution in [2.24, 2.45) is 5.41 Å². The van der Waals surface area contributed by atoms with E-state index in [1.807, 2.05) is 30.3 Å². The van der Waals surface area contributed by atoms with Gasteiger partial charge in [0.25, 0.3) is 0 Å². The minimum Gasteiger partial charge on any atom is -0.504 e. The highest BCUT2D eigenvalue weighted by atomic mass is 16.5. The third-order valence-corrected chi connectivity index (χ3v) is 4.81. The van der Waals surface area contributed by atoms with Gasteiger partial charge in [0.2, 0.25) is 5.78 Å². The van der Waals surface area contributed by atoms with Crippen LogP contribution in [-0.2, 0) is 19.7 Å². The molecule has 0 spiro atoms. The van der Waals surface area contributed by atoms with E-state index in [1.165, 1.54) is 0 Å². The smallest absolute Gasteiger partial charge is 0.321 e. The monoisotopic (exact) mass is 288 g/mol. The fourth-order valence-electron chi connectivity index (χ4n) is 3.09. The fourth-order valence-corrected chi connectivity index (χ4v) is 3.09. The van der Waals surface area contributed by atoms with Gasteiger partial charge in [-0.2, -0.15) is 0 Å². The van der Waals surface area contributed by atoms with E-state index in [-0.39, 0.29) is 12.4 Å². The molecule has 0 heterocycles. The van der Waals surface area contributed by atoms with Crippen LogP contribution in [0, 0.1) is 5.41 Å². The van der Waals surface area contributed by atoms with Crippen LogP contribution < -0.4 is 0 Å². The molecule has 1 aromatic carbocycles. The van der Waals surface area contributed by atoms with Crippen LogP contribution in [-0.4, -0.2) is 23.5 Å². The van der Waals surface area contributed by atoms with Crippen LogP contribution in [0.1, 0.15) is 33.3 Å². The molecule has 0 saturated carbocycles. The number of aliphatic hydroxyl groups excluding tert-OH is 1. The van der Waals surface area contributed by atoms with Crippen LogP contribution >= 0.6 is 0 Å². The molecule has 0 aromatic heterocycles. The van der Waals surface area contributed by atoms with E-state index in [0.29, 0.717) is 5.57 Å². The Kier molecular flexibility index (Phi) is 3.66. The first-order chi connectivity index (χ1) is 9.81. The van der Waals surface area contributed by atoms with Crippen LogP contribution in [0.2, 0.25) is 0 Å². The molecule has 2 rings (SSSR count). The highest BCUT2D eigenvalue weighted by Crippen LogP contribution is 2.54. The number of Topliss-reactive ketones (excluding diaryl/α,β-unsaturated/α-hetero) is 1. The van der Waals surface area contributed by atoms with Crippen LogP contribution in [0.25, 0.3) is 0 Å². The van der Waals surface area contributed by atoms with Crippen molar-refractivity contribution in [2.75, 3.05) is 6.61 Å². The van der Waals surface area contributed by atoms with Gasteiger partial charge < -0.3 is 9.84 Å². The van der Waals surface area contributed by atoms with Crippen LogP contribution in [0.4, 0.5) is 0 Å². The number of hydrogen-bond donors (Lipinski definition) is 1. The predicted octanol–water partition coefficient (Wildman–Crippen LogP) is 2.93. The molecule has 1 aromatic rings. The molecule has 0 fully saturated rings. The molecule has 4 nitrogen and oxygen atoms in total. The lowest BCUT2D eigenvalue weighted by atomic mass is 9.61. The van der Waals surface area contributed by atoms with Gasteiger partial charge in [-0.1, -0.05) is 37.3 Å². The van der Waals surface area contributed by atoms with Crippen molar-refractivity contribution in [1.82, 2.24) is 0 Å². The molecule has 0 bridgehead atoms. The normalized spacial score (nSPS) is 28.9. The molecule has 4 heteroatoms. The van der Waals surface area contributed by atoms with Crippen LogP contribution in [0.15, 0.2) is 41.7 Å². The first-order valence-corrected chi connectivity index (χ1v) is 6.99. The Morgan fingerprint density at radius 3 is 2.33 bits per heavy atom. The third-order valence-electron chi connectivity index (χ3n) is 4.81. The van der Waals surface area contributed by atoms with E-state index < -0.39 is 22.6 Å². The van der Waals surface area contributed by atoms with E-state index in [2.05, 4.69) is 0 Å². The SMILES string of the molecule is CCOC(=O)[C@]1(C)C(=O)C(O)=C(C)[C@]1(C)c1ccccc1. The number of hydrogen-bond acceptors (Lipinski definition) is 4. The summed E-state index contributed by atoms with van der Waals surface area (Å²) in [4.78, 5) is 25.0. The number of rotatable bonds is 3. The molecular formula is C17H20O4. The zero-order valence-corrected chi connectivity index (χ0v) is 12.8. The van der Waals surface area contributed by atoms with E-state index in [4.69, 9.17) is 4.74 Å². The lowest BCUT2D eigenvalue weighted by molar-refractivity contribution is -0.161. The van der Waals surface area contributed by atoms with Crippen molar-refractivity contribution >= 4 is 11.8 Å². The van der Waals surface area contributed by atoms with Gasteiger partial charge in [0, 0.05) is 5.41 Å². The zero-order valence-electron chi connectivity index (χ0n) is 12.8. The molecule has 0 unspecified atom stereocenters. The summed E-state index contributed by atoms with van der Waals surface area (Å²) in [6.45, 7) is 6.92. The van der Waals surface area contributed by atoms with Crippen molar-refractivity contribution in [2.45, 2.75) is 33.1 Å². The van der Waals surface area contributed by atoms with Gasteiger partial charge in [-0.25, -0.2) is 0 Å². The average Bonchev–Trinajstić information content (AvgIpc) is 2.63. The van der Waals surface area contributed by atoms with E-state index in [1.54, 1.807) is 27.7 Å². The molecule has 1 aliphatic rings. The van der Waals surface area contributed by atoms with Crippen molar-refractivity contribution in [3.8, 4) is 0 Å². The Bertz CT molecular complexity index is 617. The number of esters is 1. The largest absolute Gasteiger partial charge is 0.504 e. The van der Waals surface area contributed by atoms with Crippen molar-refractivity contribution in [1.29, 1.82) is 0 Å². The molecule has 1 N–H and O–H groups in total. The number of ketones is 1. The lowest BCUT2D eigenvalue weighted by Gasteiger charge is -2.39. The molecule has 0 amide bonds. The van der Waals surface area contributed by atoms with Gasteiger partial charge in [0.15, 0.2) is 5.76 Å². The molecule has 0 radical (unpaired) electrons. The summed E-state index contributed by atoms with van der Waals surface area (Å²) < 4.78 is 5.12. The van der Waals surface area contributed by atoms with Gasteiger partial charge in [0.1, 0.15) is 5.41 Å². The summed E-state index contributed by atoms with van der Waals surface area (Å²) >= 11 is 0. The lowest BCUT2D eigenvalue weighted by Crippen LogP contribution is -2.50. The Balaban J connectivity index is 2.70. The first-order valence-electron chi connectivity index (χ1n) is 6.99. The number of benzene rings is 1. The molecule has 2 atom stereocenters. The zero-order chi connectivity index (χ0) is 15.8. The Labute approximate surface area is 124 Å². The maximum absolute atomic E-state index is 12.5. The summed E-state index contributed by atoms with van der Waals surface area (Å²) in [5, 5.41) is 10.1. The fraction of sp³-hybridized carbons (Fsp3) is 0.412. The van der Waals surface area contributed by atoms with Crippen LogP contribution in [0.3, 0.4) is 0 Å². The Morgan fingerprint density at radius 1 is 1.24 bits per heavy atom. The molecule has 112 valence electrons. The standard InChI is InChI=1S/C17H20O4/c1-5-21-15(20)17(4)14(19)13(18)11(2)16(17,3)12-9-7-6-8-10-12/h6-10,18H,5H2,1-4H3/t16-,17+/m1/s1. The summed E-state index contributed by atoms with van der Waals surface area (Å²) in [5.41, 5.74) is -1.09. The van der Waals surface area contributed by atoms with Crippen molar-refractivity contribution in [3.05, 3.63) is 47.2 Å². The molecule has 21 heavy (non-hydrogen) atoms. The van der Waals surface area contributed by atoms with Gasteiger partial charge in [0.05, 0.1) is 6.61 Å². The van der Waals surface area contributed by atoms with Crippen molar-refractivity contribution in [3.63, 3.8) is 0 Å². The van der Waals surface area contributed by atoms with E-state index >= 15 is 0 Å². The first kappa shape index (κ1) is 15.3. The van der Waals surface area contributed by atoms with E-state index in [0.717, 1.165) is 5.56 Å².